The molecule has 3 aromatic rings. The number of fused-ring (bicyclic) bond motifs is 1. The number of carbonyl (C=O) groups excluding carboxylic acids is 2. The summed E-state index contributed by atoms with van der Waals surface area (Å²) >= 11 is 0. The lowest BCUT2D eigenvalue weighted by atomic mass is 10.1. The summed E-state index contributed by atoms with van der Waals surface area (Å²) in [7, 11) is 1.58. The zero-order valence-electron chi connectivity index (χ0n) is 17.5. The van der Waals surface area contributed by atoms with Crippen LogP contribution >= 0.6 is 0 Å². The first-order valence-corrected chi connectivity index (χ1v) is 10.5. The Kier molecular flexibility index (Phi) is 6.30. The first-order valence-electron chi connectivity index (χ1n) is 10.5. The van der Waals surface area contributed by atoms with Crippen molar-refractivity contribution in [3.8, 4) is 5.75 Å². The maximum absolute atomic E-state index is 12.7. The van der Waals surface area contributed by atoms with Gasteiger partial charge < -0.3 is 20.3 Å². The van der Waals surface area contributed by atoms with Crippen molar-refractivity contribution in [1.29, 1.82) is 0 Å². The van der Waals surface area contributed by atoms with E-state index in [0.29, 0.717) is 35.6 Å². The highest BCUT2D eigenvalue weighted by Gasteiger charge is 2.19. The van der Waals surface area contributed by atoms with Crippen molar-refractivity contribution < 1.29 is 14.3 Å². The second kappa shape index (κ2) is 9.46. The highest BCUT2D eigenvalue weighted by atomic mass is 16.5. The van der Waals surface area contributed by atoms with Gasteiger partial charge in [0.2, 0.25) is 0 Å². The first-order chi connectivity index (χ1) is 15.1. The number of hydrogen-bond acceptors (Lipinski definition) is 5. The fourth-order valence-electron chi connectivity index (χ4n) is 3.70. The Labute approximate surface area is 180 Å². The van der Waals surface area contributed by atoms with Crippen LogP contribution in [0.2, 0.25) is 0 Å². The number of likely N-dealkylation sites (tertiary alicyclic amines) is 1. The van der Waals surface area contributed by atoms with E-state index in [1.165, 1.54) is 6.42 Å². The van der Waals surface area contributed by atoms with Gasteiger partial charge in [0.05, 0.1) is 19.2 Å². The number of anilines is 1. The smallest absolute Gasteiger partial charge is 0.319 e. The highest BCUT2D eigenvalue weighted by molar-refractivity contribution is 5.97. The Morgan fingerprint density at radius 3 is 2.74 bits per heavy atom. The molecule has 3 amide bonds. The van der Waals surface area contributed by atoms with E-state index in [0.717, 1.165) is 31.4 Å². The molecule has 0 radical (unpaired) electrons. The number of nitrogens with zero attached hydrogens (tertiary/aromatic N) is 4. The molecule has 31 heavy (non-hydrogen) atoms. The molecule has 0 unspecified atom stereocenters. The van der Waals surface area contributed by atoms with Gasteiger partial charge in [0.15, 0.2) is 0 Å². The molecule has 0 saturated carbocycles. The van der Waals surface area contributed by atoms with Crippen LogP contribution < -0.4 is 15.4 Å². The van der Waals surface area contributed by atoms with Gasteiger partial charge in [-0.1, -0.05) is 11.3 Å². The molecule has 1 aromatic heterocycles. The van der Waals surface area contributed by atoms with Crippen LogP contribution in [0.4, 0.5) is 10.5 Å². The van der Waals surface area contributed by atoms with Gasteiger partial charge in [0.1, 0.15) is 11.3 Å². The molecule has 1 fully saturated rings. The number of amides is 3. The average molecular weight is 422 g/mol. The van der Waals surface area contributed by atoms with Gasteiger partial charge in [0.25, 0.3) is 5.91 Å². The van der Waals surface area contributed by atoms with Gasteiger partial charge in [-0.3, -0.25) is 4.79 Å². The Hall–Kier alpha value is -3.62. The van der Waals surface area contributed by atoms with Gasteiger partial charge >= 0.3 is 6.03 Å². The Balaban J connectivity index is 1.33. The van der Waals surface area contributed by atoms with Crippen molar-refractivity contribution in [3.63, 3.8) is 0 Å². The lowest BCUT2D eigenvalue weighted by molar-refractivity contribution is 0.0724. The molecule has 0 spiro atoms. The molecular formula is C22H26N6O3. The van der Waals surface area contributed by atoms with Crippen molar-refractivity contribution in [1.82, 2.24) is 25.2 Å². The van der Waals surface area contributed by atoms with Crippen LogP contribution in [0.15, 0.2) is 42.5 Å². The van der Waals surface area contributed by atoms with Crippen molar-refractivity contribution in [3.05, 3.63) is 48.0 Å². The van der Waals surface area contributed by atoms with E-state index in [9.17, 15) is 9.59 Å². The van der Waals surface area contributed by atoms with E-state index in [1.54, 1.807) is 36.1 Å². The van der Waals surface area contributed by atoms with Crippen molar-refractivity contribution in [2.45, 2.75) is 25.8 Å². The number of carbonyl (C=O) groups is 2. The molecule has 2 heterocycles. The molecule has 9 heteroatoms. The van der Waals surface area contributed by atoms with E-state index in [2.05, 4.69) is 20.9 Å². The predicted molar refractivity (Wildman–Crippen MR) is 117 cm³/mol. The number of urea groups is 1. The molecule has 2 N–H and O–H groups in total. The minimum Gasteiger partial charge on any atom is -0.497 e. The predicted octanol–water partition coefficient (Wildman–Crippen LogP) is 2.89. The van der Waals surface area contributed by atoms with Gasteiger partial charge in [-0.25, -0.2) is 9.48 Å². The van der Waals surface area contributed by atoms with E-state index >= 15 is 0 Å². The van der Waals surface area contributed by atoms with E-state index in [4.69, 9.17) is 4.74 Å². The van der Waals surface area contributed by atoms with Gasteiger partial charge in [-0.05, 0) is 49.6 Å². The fourth-order valence-corrected chi connectivity index (χ4v) is 3.70. The molecule has 0 aliphatic carbocycles. The summed E-state index contributed by atoms with van der Waals surface area (Å²) in [4.78, 5) is 26.7. The zero-order valence-corrected chi connectivity index (χ0v) is 17.5. The third-order valence-electron chi connectivity index (χ3n) is 5.34. The van der Waals surface area contributed by atoms with Crippen LogP contribution in [0.5, 0.6) is 5.75 Å². The summed E-state index contributed by atoms with van der Waals surface area (Å²) in [6.07, 6.45) is 3.30. The third kappa shape index (κ3) is 4.93. The summed E-state index contributed by atoms with van der Waals surface area (Å²) in [6.45, 7) is 2.46. The Morgan fingerprint density at radius 2 is 1.94 bits per heavy atom. The van der Waals surface area contributed by atoms with Crippen molar-refractivity contribution in [2.75, 3.05) is 32.1 Å². The molecule has 2 aromatic carbocycles. The summed E-state index contributed by atoms with van der Waals surface area (Å²) in [5.41, 5.74) is 2.78. The molecule has 1 saturated heterocycles. The van der Waals surface area contributed by atoms with E-state index in [-0.39, 0.29) is 11.9 Å². The van der Waals surface area contributed by atoms with Gasteiger partial charge in [-0.15, -0.1) is 5.10 Å². The first kappa shape index (κ1) is 20.6. The highest BCUT2D eigenvalue weighted by Crippen LogP contribution is 2.18. The molecule has 0 bridgehead atoms. The molecular weight excluding hydrogens is 396 g/mol. The monoisotopic (exact) mass is 422 g/mol. The van der Waals surface area contributed by atoms with Crippen LogP contribution in [0.3, 0.4) is 0 Å². The number of benzene rings is 2. The largest absolute Gasteiger partial charge is 0.497 e. The number of hydrogen-bond donors (Lipinski definition) is 2. The second-order valence-electron chi connectivity index (χ2n) is 7.48. The van der Waals surface area contributed by atoms with Crippen LogP contribution in [0, 0.1) is 0 Å². The maximum atomic E-state index is 12.7. The Morgan fingerprint density at radius 1 is 1.10 bits per heavy atom. The standard InChI is InChI=1S/C22H26N6O3/c1-31-18-7-5-6-17(15-18)24-22(30)23-10-13-28-20-9-8-16(14-19(20)25-26-28)21(29)27-11-3-2-4-12-27/h5-9,14-15H,2-4,10-13H2,1H3,(H2,23,24,30). The molecule has 162 valence electrons. The summed E-state index contributed by atoms with van der Waals surface area (Å²) in [5.74, 6) is 0.719. The number of methoxy groups -OCH3 is 1. The van der Waals surface area contributed by atoms with Crippen LogP contribution in [-0.2, 0) is 6.54 Å². The molecule has 9 nitrogen and oxygen atoms in total. The second-order valence-corrected chi connectivity index (χ2v) is 7.48. The molecule has 4 rings (SSSR count). The summed E-state index contributed by atoms with van der Waals surface area (Å²) in [6, 6.07) is 12.3. The van der Waals surface area contributed by atoms with Crippen molar-refractivity contribution in [2.24, 2.45) is 0 Å². The Bertz CT molecular complexity index is 1070. The average Bonchev–Trinajstić information content (AvgIpc) is 3.21. The maximum Gasteiger partial charge on any atom is 0.319 e. The van der Waals surface area contributed by atoms with Crippen LogP contribution in [-0.4, -0.2) is 58.6 Å². The van der Waals surface area contributed by atoms with Gasteiger partial charge in [0, 0.05) is 37.0 Å². The molecule has 0 atom stereocenters. The molecule has 1 aliphatic rings. The van der Waals surface area contributed by atoms with E-state index < -0.39 is 0 Å². The lowest BCUT2D eigenvalue weighted by Crippen LogP contribution is -2.35. The minimum atomic E-state index is -0.313. The van der Waals surface area contributed by atoms with Gasteiger partial charge in [-0.2, -0.15) is 0 Å². The van der Waals surface area contributed by atoms with E-state index in [1.807, 2.05) is 23.1 Å². The minimum absolute atomic E-state index is 0.0482. The SMILES string of the molecule is COc1cccc(NC(=O)NCCn2nnc3cc(C(=O)N4CCCCC4)ccc32)c1. The molecule has 1 aliphatic heterocycles. The number of aromatic nitrogens is 3. The summed E-state index contributed by atoms with van der Waals surface area (Å²) < 4.78 is 6.87. The normalized spacial score (nSPS) is 13.8. The number of nitrogens with one attached hydrogen (secondary N) is 2. The zero-order chi connectivity index (χ0) is 21.6. The fraction of sp³-hybridized carbons (Fsp3) is 0.364. The van der Waals surface area contributed by atoms with Crippen LogP contribution in [0.25, 0.3) is 11.0 Å². The van der Waals surface area contributed by atoms with Crippen LogP contribution in [0.1, 0.15) is 29.6 Å². The third-order valence-corrected chi connectivity index (χ3v) is 5.34. The topological polar surface area (TPSA) is 101 Å². The lowest BCUT2D eigenvalue weighted by Gasteiger charge is -2.26. The number of piperidine rings is 1. The quantitative estimate of drug-likeness (QED) is 0.636. The van der Waals surface area contributed by atoms with Crippen molar-refractivity contribution >= 4 is 28.7 Å². The number of ether oxygens (including phenoxy) is 1. The summed E-state index contributed by atoms with van der Waals surface area (Å²) in [5, 5.41) is 13.9. The number of rotatable bonds is 6.